The van der Waals surface area contributed by atoms with E-state index >= 15 is 0 Å². The van der Waals surface area contributed by atoms with Crippen molar-refractivity contribution in [3.8, 4) is 17.2 Å². The number of alkyl halides is 3. The molecular formula is C74H106F3N33O23. The fraction of sp³-hybridized carbons (Fsp3) is 0.581. The first-order valence-corrected chi connectivity index (χ1v) is 41.8. The number of nitrogens with zero attached hydrogens (tertiary/aromatic N) is 12. The summed E-state index contributed by atoms with van der Waals surface area (Å²) in [5, 5.41) is 123. The van der Waals surface area contributed by atoms with Crippen LogP contribution in [0.15, 0.2) is 36.8 Å². The van der Waals surface area contributed by atoms with Gasteiger partial charge in [0.15, 0.2) is 17.9 Å². The zero-order valence-electron chi connectivity index (χ0n) is 71.4. The highest BCUT2D eigenvalue weighted by Crippen LogP contribution is 2.31. The van der Waals surface area contributed by atoms with Crippen LogP contribution in [0.4, 0.5) is 13.2 Å². The molecule has 56 nitrogen and oxygen atoms in total. The molecule has 6 aliphatic heterocycles. The molecule has 0 aliphatic carbocycles. The molecule has 1 aromatic carbocycles. The molecule has 12 atom stereocenters. The lowest BCUT2D eigenvalue weighted by Crippen LogP contribution is -2.55. The number of aromatic nitrogens is 9. The lowest BCUT2D eigenvalue weighted by atomic mass is 10.1. The van der Waals surface area contributed by atoms with E-state index in [0.717, 1.165) is 0 Å². The Hall–Kier alpha value is -15.0. The van der Waals surface area contributed by atoms with Crippen molar-refractivity contribution >= 4 is 113 Å². The Balaban J connectivity index is 0.00000273. The van der Waals surface area contributed by atoms with Crippen LogP contribution in [0.1, 0.15) is 94.1 Å². The van der Waals surface area contributed by atoms with Gasteiger partial charge in [0.2, 0.25) is 70.9 Å². The van der Waals surface area contributed by atoms with Crippen LogP contribution in [-0.2, 0) is 116 Å². The van der Waals surface area contributed by atoms with Gasteiger partial charge in [-0.25, -0.2) is 4.79 Å². The van der Waals surface area contributed by atoms with E-state index in [2.05, 4.69) is 111 Å². The summed E-state index contributed by atoms with van der Waals surface area (Å²) in [6.45, 7) is -1.12. The third-order valence-corrected chi connectivity index (χ3v) is 21.2. The van der Waals surface area contributed by atoms with Crippen LogP contribution < -0.4 is 111 Å². The van der Waals surface area contributed by atoms with Crippen molar-refractivity contribution in [2.45, 2.75) is 195 Å². The van der Waals surface area contributed by atoms with Crippen molar-refractivity contribution in [1.29, 1.82) is 16.2 Å². The molecule has 6 bridgehead atoms. The van der Waals surface area contributed by atoms with Crippen molar-refractivity contribution < 1.29 is 125 Å². The number of nitrogens with two attached hydrogens (primary N) is 3. The molecule has 59 heteroatoms. The number of aliphatic carboxylic acids is 4. The number of fused-ring (bicyclic) bond motifs is 6. The van der Waals surface area contributed by atoms with Crippen molar-refractivity contribution in [3.63, 3.8) is 0 Å². The molecule has 10 rings (SSSR count). The normalized spacial score (nSPS) is 23.2. The van der Waals surface area contributed by atoms with Gasteiger partial charge in [0.05, 0.1) is 95.2 Å². The first kappa shape index (κ1) is 102. The maximum absolute atomic E-state index is 14.3. The standard InChI is InChI=1S/C72H105N33O21.C2HF3O2/c73-70(74)79-7-1-4-46-61(115)82-25-55(106)88-49(22-58(109)110)64(118)85-37-16-52(67(121)91-46)100(28-37)10-13-103-31-40(94-97-103)34-124-43-19-44(125-35-41-32-104(98-95-41)14-11-101-29-38-17-53(101)68(122)92-47(5-2-8-80-71(75)76)62(116)83-26-56(107)89-50(23-59(111)112)65(119)86-38)21-45(20-43)126-36-42-33-105(99-96-42)15-12-102-30-39-18-54(102)69(123)93-48(6-3-9-81-72(77)78)63(117)84-27-57(108)90-51(24-60(113)114)66(120)87-39;3-2(4,5)1(6)7/h19-21,31-33,37-39,46-54H,1-18,22-30,34-36H2,(H,82,115)(H,83,116)(H,84,117)(H,85,118)(H,86,119)(H,87,120)(H,88,106)(H,89,107)(H,90,108)(H,91,121)(H,92,122)(H,93,123)(H,109,110)(H,111,112)(H,113,114)(H4,73,74,79)(H4,75,76,80)(H4,77,78,81);(H,6,7)/t37-,38-,39-,46-,47-,48-,49-,50-,51-,52-,53-,54-;/m0./s1. The van der Waals surface area contributed by atoms with E-state index in [0.29, 0.717) is 17.1 Å². The summed E-state index contributed by atoms with van der Waals surface area (Å²) in [5.74, 6) is -16.3. The summed E-state index contributed by atoms with van der Waals surface area (Å²) in [4.78, 5) is 213. The molecule has 0 saturated carbocycles. The SMILES string of the molecule is N=C(N)NCCC[C@@H]1NC(=O)[C@@H]2C[C@@H](CN2CCn2cc(COc3cc(OCc4cn(CCN5C[C@@H]6C[C@H]5C(=O)N[C@@H](CCCNC(=N)N)C(=O)NCC(=O)N[C@@H](CC(=O)O)C(=O)N6)nn4)cc(OCc4cn(CCN5C[C@@H]6C[C@H]5C(=O)N[C@@H](CCCNC(=N)N)C(=O)NCC(=O)N[C@@H](CC(=O)O)C(=O)N6)nn4)c3)nn2)NC(=O)[C@H](CC(=O)O)NC(=O)CNC1=O.O=C(O)C(F)(F)F. The monoisotopic (exact) mass is 1880 g/mol. The Morgan fingerprint density at radius 2 is 0.662 bits per heavy atom. The summed E-state index contributed by atoms with van der Waals surface area (Å²) in [7, 11) is 0. The lowest BCUT2D eigenvalue weighted by Gasteiger charge is -2.26. The molecule has 0 spiro atoms. The topological polar surface area (TPSA) is 814 Å². The highest BCUT2D eigenvalue weighted by atomic mass is 19.4. The minimum Gasteiger partial charge on any atom is -0.487 e. The molecule has 6 saturated heterocycles. The number of rotatable bonds is 36. The fourth-order valence-electron chi connectivity index (χ4n) is 14.9. The van der Waals surface area contributed by atoms with E-state index in [-0.39, 0.29) is 191 Å². The number of carboxylic acid groups (broad SMARTS) is 4. The van der Waals surface area contributed by atoms with Gasteiger partial charge in [0, 0.05) is 95.2 Å². The van der Waals surface area contributed by atoms with Gasteiger partial charge in [0.1, 0.15) is 90.4 Å². The van der Waals surface area contributed by atoms with Crippen LogP contribution in [0.2, 0.25) is 0 Å². The number of hydrogen-bond donors (Lipinski definition) is 25. The van der Waals surface area contributed by atoms with Gasteiger partial charge >= 0.3 is 30.1 Å². The number of benzene rings is 1. The molecule has 3 aromatic heterocycles. The second-order valence-electron chi connectivity index (χ2n) is 31.5. The number of ether oxygens (including phenoxy) is 3. The van der Waals surface area contributed by atoms with Crippen LogP contribution in [0.25, 0.3) is 0 Å². The third-order valence-electron chi connectivity index (χ3n) is 21.2. The van der Waals surface area contributed by atoms with Crippen LogP contribution in [0, 0.1) is 16.2 Å². The van der Waals surface area contributed by atoms with E-state index in [1.54, 1.807) is 51.5 Å². The molecule has 12 amide bonds. The van der Waals surface area contributed by atoms with E-state index < -0.39 is 212 Å². The second-order valence-corrected chi connectivity index (χ2v) is 31.5. The van der Waals surface area contributed by atoms with Gasteiger partial charge in [0.25, 0.3) is 0 Å². The van der Waals surface area contributed by atoms with Gasteiger partial charge in [-0.1, -0.05) is 15.6 Å². The average Bonchev–Trinajstić information content (AvgIpc) is 1.68. The molecule has 28 N–H and O–H groups in total. The predicted octanol–water partition coefficient (Wildman–Crippen LogP) is -11.0. The van der Waals surface area contributed by atoms with Crippen molar-refractivity contribution in [1.82, 2.24) is 139 Å². The zero-order chi connectivity index (χ0) is 96.8. The highest BCUT2D eigenvalue weighted by Gasteiger charge is 2.45. The summed E-state index contributed by atoms with van der Waals surface area (Å²) in [6, 6.07) is -8.48. The first-order valence-electron chi connectivity index (χ1n) is 41.8. The maximum Gasteiger partial charge on any atom is 0.490 e. The maximum atomic E-state index is 14.3. The lowest BCUT2D eigenvalue weighted by molar-refractivity contribution is -0.192. The Kier molecular flexibility index (Phi) is 37.2. The van der Waals surface area contributed by atoms with Crippen LogP contribution in [0.3, 0.4) is 0 Å². The number of carbonyl (C=O) groups excluding carboxylic acids is 12. The van der Waals surface area contributed by atoms with E-state index in [4.69, 9.17) is 57.5 Å². The summed E-state index contributed by atoms with van der Waals surface area (Å²) in [5.41, 5.74) is 17.3. The third kappa shape index (κ3) is 33.2. The minimum absolute atomic E-state index is 0.0183. The zero-order valence-corrected chi connectivity index (χ0v) is 71.4. The van der Waals surface area contributed by atoms with Gasteiger partial charge < -0.3 is 132 Å². The largest absolute Gasteiger partial charge is 0.490 e. The average molecular weight is 1880 g/mol. The molecule has 4 aromatic rings. The fourth-order valence-corrected chi connectivity index (χ4v) is 14.9. The number of guanidine groups is 3. The molecule has 133 heavy (non-hydrogen) atoms. The molecule has 726 valence electrons. The van der Waals surface area contributed by atoms with E-state index in [1.807, 2.05) is 0 Å². The van der Waals surface area contributed by atoms with Gasteiger partial charge in [-0.15, -0.1) is 15.3 Å². The minimum atomic E-state index is -5.08. The van der Waals surface area contributed by atoms with Crippen molar-refractivity contribution in [2.24, 2.45) is 17.2 Å². The molecule has 0 radical (unpaired) electrons. The molecule has 9 heterocycles. The molecular weight excluding hydrogens is 1780 g/mol. The smallest absolute Gasteiger partial charge is 0.487 e. The first-order chi connectivity index (χ1) is 63.1. The molecule has 6 fully saturated rings. The second kappa shape index (κ2) is 48.6. The Morgan fingerprint density at radius 1 is 0.398 bits per heavy atom. The molecule has 0 unspecified atom stereocenters. The Labute approximate surface area is 752 Å². The predicted molar refractivity (Wildman–Crippen MR) is 444 cm³/mol. The van der Waals surface area contributed by atoms with Crippen LogP contribution in [0.5, 0.6) is 17.2 Å². The summed E-state index contributed by atoms with van der Waals surface area (Å²) < 4.78 is 55.1. The van der Waals surface area contributed by atoms with Crippen molar-refractivity contribution in [3.05, 3.63) is 53.9 Å². The highest BCUT2D eigenvalue weighted by molar-refractivity contribution is 5.98. The number of halogens is 3. The van der Waals surface area contributed by atoms with Crippen LogP contribution in [-0.4, -0.2) is 350 Å². The van der Waals surface area contributed by atoms with Gasteiger partial charge in [-0.2, -0.15) is 13.2 Å². The van der Waals surface area contributed by atoms with Gasteiger partial charge in [-0.05, 0) is 57.8 Å². The quantitative estimate of drug-likeness (QED) is 0.0114. The summed E-state index contributed by atoms with van der Waals surface area (Å²) >= 11 is 0. The number of amides is 12. The number of hydrogen-bond acceptors (Lipinski definition) is 31. The molecule has 6 aliphatic rings. The van der Waals surface area contributed by atoms with Gasteiger partial charge in [-0.3, -0.25) is 117 Å². The van der Waals surface area contributed by atoms with E-state index in [1.165, 1.54) is 14.0 Å². The Bertz CT molecular complexity index is 4440. The van der Waals surface area contributed by atoms with Crippen molar-refractivity contribution in [2.75, 3.05) is 78.5 Å². The number of nitrogens with one attached hydrogen (secondary N) is 18. The summed E-state index contributed by atoms with van der Waals surface area (Å²) in [6.07, 6.45) is -1.69. The number of carbonyl (C=O) groups is 16. The number of likely N-dealkylation sites (tertiary alicyclic amines) is 3. The number of carboxylic acids is 4. The van der Waals surface area contributed by atoms with Crippen LogP contribution >= 0.6 is 0 Å². The Morgan fingerprint density at radius 3 is 0.902 bits per heavy atom. The van der Waals surface area contributed by atoms with E-state index in [9.17, 15) is 100 Å².